The van der Waals surface area contributed by atoms with Crippen LogP contribution in [0.25, 0.3) is 0 Å². The molecule has 7 atom stereocenters. The van der Waals surface area contributed by atoms with Crippen LogP contribution in [0.5, 0.6) is 0 Å². The maximum absolute atomic E-state index is 15.7. The number of rotatable bonds is 0. The Kier molecular flexibility index (Phi) is 3.13. The van der Waals surface area contributed by atoms with Crippen molar-refractivity contribution in [3.8, 4) is 0 Å². The van der Waals surface area contributed by atoms with Gasteiger partial charge in [-0.15, -0.1) is 0 Å². The minimum Gasteiger partial charge on any atom is -0.393 e. The molecule has 4 fully saturated rings. The number of hydrogen-bond donors (Lipinski definition) is 1. The molecule has 22 heavy (non-hydrogen) atoms. The van der Waals surface area contributed by atoms with Crippen LogP contribution >= 0.6 is 0 Å². The van der Waals surface area contributed by atoms with E-state index < -0.39 is 17.2 Å². The lowest BCUT2D eigenvalue weighted by Crippen LogP contribution is -2.64. The molecule has 2 nitrogen and oxygen atoms in total. The summed E-state index contributed by atoms with van der Waals surface area (Å²) in [4.78, 5) is 12.8. The van der Waals surface area contributed by atoms with Gasteiger partial charge in [0.25, 0.3) is 0 Å². The molecule has 0 aromatic heterocycles. The molecule has 0 aromatic rings. The zero-order valence-electron chi connectivity index (χ0n) is 13.8. The van der Waals surface area contributed by atoms with Crippen molar-refractivity contribution in [2.24, 2.45) is 28.6 Å². The maximum atomic E-state index is 15.7. The molecular weight excluding hydrogens is 279 g/mol. The average Bonchev–Trinajstić information content (AvgIpc) is 2.84. The van der Waals surface area contributed by atoms with Gasteiger partial charge < -0.3 is 5.11 Å². The zero-order chi connectivity index (χ0) is 15.8. The molecule has 4 rings (SSSR count). The van der Waals surface area contributed by atoms with E-state index in [1.165, 1.54) is 6.42 Å². The van der Waals surface area contributed by atoms with E-state index in [9.17, 15) is 9.90 Å². The van der Waals surface area contributed by atoms with E-state index in [0.717, 1.165) is 19.3 Å². The molecule has 0 spiro atoms. The number of fused-ring (bicyclic) bond motifs is 5. The van der Waals surface area contributed by atoms with Crippen molar-refractivity contribution in [1.29, 1.82) is 0 Å². The second-order valence-corrected chi connectivity index (χ2v) is 8.95. The SMILES string of the molecule is C[C@@]12[CH]CC[C@H]1[C@@H]1CC(=O)[C@@]3(F)C[C@H](O)CC[C@]3(C)[C@H]1CC2. The summed E-state index contributed by atoms with van der Waals surface area (Å²) in [7, 11) is 0. The second-order valence-electron chi connectivity index (χ2n) is 8.95. The van der Waals surface area contributed by atoms with Gasteiger partial charge in [-0.2, -0.15) is 0 Å². The van der Waals surface area contributed by atoms with Gasteiger partial charge in [0.15, 0.2) is 11.5 Å². The Balaban J connectivity index is 1.73. The highest BCUT2D eigenvalue weighted by Gasteiger charge is 2.67. The average molecular weight is 307 g/mol. The zero-order valence-corrected chi connectivity index (χ0v) is 13.8. The van der Waals surface area contributed by atoms with Crippen LogP contribution in [-0.2, 0) is 4.79 Å². The largest absolute Gasteiger partial charge is 0.393 e. The Hall–Kier alpha value is -0.440. The number of ketones is 1. The van der Waals surface area contributed by atoms with Crippen molar-refractivity contribution in [2.75, 3.05) is 0 Å². The fourth-order valence-electron chi connectivity index (χ4n) is 6.71. The van der Waals surface area contributed by atoms with Crippen molar-refractivity contribution < 1.29 is 14.3 Å². The molecule has 0 bridgehead atoms. The monoisotopic (exact) mass is 307 g/mol. The lowest BCUT2D eigenvalue weighted by atomic mass is 9.44. The highest BCUT2D eigenvalue weighted by molar-refractivity contribution is 5.89. The van der Waals surface area contributed by atoms with Crippen LogP contribution in [0.1, 0.15) is 65.2 Å². The van der Waals surface area contributed by atoms with Gasteiger partial charge in [0.05, 0.1) is 6.10 Å². The van der Waals surface area contributed by atoms with E-state index >= 15 is 4.39 Å². The Morgan fingerprint density at radius 3 is 2.73 bits per heavy atom. The summed E-state index contributed by atoms with van der Waals surface area (Å²) >= 11 is 0. The standard InChI is InChI=1S/C19H28FO2/c1-17-7-3-4-14(17)13-10-16(22)19(20)11-12(21)5-9-18(19,2)15(13)6-8-17/h7,12-15,21H,3-6,8-11H2,1-2H3/t12-,13+,14+,15+,17+,18-,19+/m1/s1. The van der Waals surface area contributed by atoms with E-state index in [4.69, 9.17) is 0 Å². The van der Waals surface area contributed by atoms with Gasteiger partial charge in [0.2, 0.25) is 0 Å². The predicted molar refractivity (Wildman–Crippen MR) is 82.8 cm³/mol. The highest BCUT2D eigenvalue weighted by Crippen LogP contribution is 2.67. The van der Waals surface area contributed by atoms with Gasteiger partial charge in [-0.05, 0) is 68.1 Å². The van der Waals surface area contributed by atoms with Gasteiger partial charge >= 0.3 is 0 Å². The molecule has 0 aliphatic heterocycles. The van der Waals surface area contributed by atoms with E-state index in [1.54, 1.807) is 0 Å². The highest BCUT2D eigenvalue weighted by atomic mass is 19.1. The van der Waals surface area contributed by atoms with Crippen LogP contribution < -0.4 is 0 Å². The minimum absolute atomic E-state index is 0.0274. The van der Waals surface area contributed by atoms with E-state index in [1.807, 2.05) is 6.92 Å². The Labute approximate surface area is 132 Å². The number of halogens is 1. The molecule has 4 saturated carbocycles. The summed E-state index contributed by atoms with van der Waals surface area (Å²) in [6.07, 6.45) is 8.04. The van der Waals surface area contributed by atoms with Crippen LogP contribution in [-0.4, -0.2) is 22.7 Å². The molecule has 4 aliphatic rings. The van der Waals surface area contributed by atoms with Gasteiger partial charge in [0.1, 0.15) is 0 Å². The summed E-state index contributed by atoms with van der Waals surface area (Å²) in [6, 6.07) is 0. The minimum atomic E-state index is -1.79. The van der Waals surface area contributed by atoms with E-state index in [-0.39, 0.29) is 17.6 Å². The molecule has 0 amide bonds. The van der Waals surface area contributed by atoms with Gasteiger partial charge in [-0.3, -0.25) is 4.79 Å². The predicted octanol–water partition coefficient (Wildman–Crippen LogP) is 3.87. The van der Waals surface area contributed by atoms with Crippen LogP contribution in [0.15, 0.2) is 0 Å². The molecular formula is C19H28FO2. The molecule has 4 aliphatic carbocycles. The van der Waals surface area contributed by atoms with Crippen molar-refractivity contribution in [3.63, 3.8) is 0 Å². The summed E-state index contributed by atoms with van der Waals surface area (Å²) in [5.41, 5.74) is -2.08. The molecule has 0 saturated heterocycles. The molecule has 1 radical (unpaired) electrons. The van der Waals surface area contributed by atoms with Crippen molar-refractivity contribution >= 4 is 5.78 Å². The van der Waals surface area contributed by atoms with Crippen molar-refractivity contribution in [3.05, 3.63) is 6.42 Å². The molecule has 1 N–H and O–H groups in total. The third kappa shape index (κ3) is 1.72. The Bertz CT molecular complexity index is 506. The first-order chi connectivity index (χ1) is 10.3. The number of hydrogen-bond acceptors (Lipinski definition) is 2. The lowest BCUT2D eigenvalue weighted by molar-refractivity contribution is -0.188. The van der Waals surface area contributed by atoms with Crippen LogP contribution in [0, 0.1) is 35.0 Å². The third-order valence-electron chi connectivity index (χ3n) is 8.06. The molecule has 0 aromatic carbocycles. The second kappa shape index (κ2) is 4.55. The third-order valence-corrected chi connectivity index (χ3v) is 8.06. The number of aliphatic hydroxyl groups is 1. The first-order valence-corrected chi connectivity index (χ1v) is 9.05. The summed E-state index contributed by atoms with van der Waals surface area (Å²) in [6.45, 7) is 4.35. The molecule has 0 unspecified atom stereocenters. The Morgan fingerprint density at radius 1 is 1.18 bits per heavy atom. The fourth-order valence-corrected chi connectivity index (χ4v) is 6.71. The van der Waals surface area contributed by atoms with Gasteiger partial charge in [0, 0.05) is 18.3 Å². The number of carbonyl (C=O) groups is 1. The quantitative estimate of drug-likeness (QED) is 0.738. The fraction of sp³-hybridized carbons (Fsp3) is 0.895. The van der Waals surface area contributed by atoms with Crippen molar-refractivity contribution in [2.45, 2.75) is 77.0 Å². The molecule has 3 heteroatoms. The van der Waals surface area contributed by atoms with Crippen LogP contribution in [0.3, 0.4) is 0 Å². The Morgan fingerprint density at radius 2 is 1.95 bits per heavy atom. The lowest BCUT2D eigenvalue weighted by Gasteiger charge is -2.61. The van der Waals surface area contributed by atoms with E-state index in [2.05, 4.69) is 13.3 Å². The van der Waals surface area contributed by atoms with Gasteiger partial charge in [-0.1, -0.05) is 13.8 Å². The summed E-state index contributed by atoms with van der Waals surface area (Å²) in [5, 5.41) is 9.94. The van der Waals surface area contributed by atoms with E-state index in [0.29, 0.717) is 37.0 Å². The topological polar surface area (TPSA) is 37.3 Å². The number of carbonyl (C=O) groups excluding carboxylic acids is 1. The normalized spacial score (nSPS) is 57.9. The number of Topliss-reactive ketones (excluding diaryl/α,β-unsaturated/α-hetero) is 1. The number of aliphatic hydroxyl groups excluding tert-OH is 1. The summed E-state index contributed by atoms with van der Waals surface area (Å²) in [5.74, 6) is 1.01. The first kappa shape index (κ1) is 15.1. The maximum Gasteiger partial charge on any atom is 0.176 e. The van der Waals surface area contributed by atoms with Crippen LogP contribution in [0.4, 0.5) is 4.39 Å². The van der Waals surface area contributed by atoms with Gasteiger partial charge in [-0.25, -0.2) is 4.39 Å². The molecule has 0 heterocycles. The first-order valence-electron chi connectivity index (χ1n) is 9.05. The summed E-state index contributed by atoms with van der Waals surface area (Å²) < 4.78 is 15.7. The van der Waals surface area contributed by atoms with Crippen LogP contribution in [0.2, 0.25) is 0 Å². The van der Waals surface area contributed by atoms with Crippen molar-refractivity contribution in [1.82, 2.24) is 0 Å². The smallest absolute Gasteiger partial charge is 0.176 e. The number of alkyl halides is 1. The molecule has 123 valence electrons.